The summed E-state index contributed by atoms with van der Waals surface area (Å²) in [5, 5.41) is 3.15. The van der Waals surface area contributed by atoms with Crippen molar-refractivity contribution in [3.8, 4) is 5.75 Å². The molecule has 0 unspecified atom stereocenters. The fraction of sp³-hybridized carbons (Fsp3) is 0.381. The van der Waals surface area contributed by atoms with Crippen molar-refractivity contribution in [2.75, 3.05) is 27.2 Å². The molecule has 134 valence electrons. The Morgan fingerprint density at radius 2 is 1.76 bits per heavy atom. The van der Waals surface area contributed by atoms with Gasteiger partial charge < -0.3 is 15.0 Å². The topological polar surface area (TPSA) is 42.8 Å². The highest BCUT2D eigenvalue weighted by atomic mass is 16.5. The van der Waals surface area contributed by atoms with Crippen molar-refractivity contribution in [1.82, 2.24) is 5.32 Å². The van der Waals surface area contributed by atoms with Crippen molar-refractivity contribution >= 4 is 5.91 Å². The normalized spacial score (nSPS) is 12.0. The van der Waals surface area contributed by atoms with Gasteiger partial charge in [0.25, 0.3) is 5.91 Å². The minimum absolute atomic E-state index is 0.0146. The maximum absolute atomic E-state index is 12.6. The summed E-state index contributed by atoms with van der Waals surface area (Å²) in [6.45, 7) is 3.67. The Hall–Kier alpha value is -2.33. The van der Waals surface area contributed by atoms with E-state index in [1.165, 1.54) is 4.90 Å². The lowest BCUT2D eigenvalue weighted by atomic mass is 10.1. The number of unbranched alkanes of at least 4 members (excludes halogenated alkanes) is 1. The number of hydrogen-bond donors (Lipinski definition) is 2. The Morgan fingerprint density at radius 1 is 1.08 bits per heavy atom. The molecule has 0 aliphatic heterocycles. The van der Waals surface area contributed by atoms with Crippen molar-refractivity contribution < 1.29 is 14.4 Å². The van der Waals surface area contributed by atoms with Gasteiger partial charge in [-0.05, 0) is 36.2 Å². The average Bonchev–Trinajstić information content (AvgIpc) is 2.62. The molecule has 25 heavy (non-hydrogen) atoms. The van der Waals surface area contributed by atoms with Crippen LogP contribution in [0.5, 0.6) is 5.75 Å². The number of carbonyl (C=O) groups is 1. The number of quaternary nitrogens is 1. The number of ether oxygens (including phenoxy) is 1. The van der Waals surface area contributed by atoms with Crippen LogP contribution in [0.4, 0.5) is 0 Å². The number of carbonyl (C=O) groups excluding carboxylic acids is 1. The van der Waals surface area contributed by atoms with Crippen LogP contribution in [0.2, 0.25) is 0 Å². The number of benzene rings is 2. The Kier molecular flexibility index (Phi) is 7.48. The molecule has 0 aliphatic carbocycles. The number of hydrogen-bond acceptors (Lipinski definition) is 2. The summed E-state index contributed by atoms with van der Waals surface area (Å²) in [6, 6.07) is 17.4. The van der Waals surface area contributed by atoms with Crippen molar-refractivity contribution in [3.63, 3.8) is 0 Å². The van der Waals surface area contributed by atoms with Crippen molar-refractivity contribution in [2.24, 2.45) is 0 Å². The highest BCUT2D eigenvalue weighted by Crippen LogP contribution is 2.15. The van der Waals surface area contributed by atoms with Crippen LogP contribution < -0.4 is 15.0 Å². The van der Waals surface area contributed by atoms with Crippen LogP contribution >= 0.6 is 0 Å². The molecule has 2 rings (SSSR count). The fourth-order valence-electron chi connectivity index (χ4n) is 2.62. The van der Waals surface area contributed by atoms with Gasteiger partial charge in [-0.2, -0.15) is 0 Å². The summed E-state index contributed by atoms with van der Waals surface area (Å²) in [6.07, 6.45) is 2.14. The second-order valence-corrected chi connectivity index (χ2v) is 6.57. The van der Waals surface area contributed by atoms with E-state index in [4.69, 9.17) is 4.74 Å². The SMILES string of the molecule is CCCCOc1ccc(C(=O)N[C@@H](C[NH+](C)C)c2ccccc2)cc1. The molecule has 2 N–H and O–H groups in total. The lowest BCUT2D eigenvalue weighted by molar-refractivity contribution is -0.860. The van der Waals surface area contributed by atoms with Gasteiger partial charge >= 0.3 is 0 Å². The third-order valence-electron chi connectivity index (χ3n) is 4.00. The standard InChI is InChI=1S/C21H28N2O2/c1-4-5-15-25-19-13-11-18(12-14-19)21(24)22-20(16-23(2)3)17-9-7-6-8-10-17/h6-14,20H,4-5,15-16H2,1-3H3,(H,22,24)/p+1/t20-/m0/s1. The molecule has 4 nitrogen and oxygen atoms in total. The molecule has 1 amide bonds. The molecular formula is C21H29N2O2+. The first-order chi connectivity index (χ1) is 12.1. The highest BCUT2D eigenvalue weighted by Gasteiger charge is 2.18. The van der Waals surface area contributed by atoms with E-state index in [0.29, 0.717) is 12.2 Å². The van der Waals surface area contributed by atoms with Crippen molar-refractivity contribution in [1.29, 1.82) is 0 Å². The largest absolute Gasteiger partial charge is 0.494 e. The first kappa shape index (κ1) is 19.0. The summed E-state index contributed by atoms with van der Waals surface area (Å²) in [5.74, 6) is 0.748. The predicted octanol–water partition coefficient (Wildman–Crippen LogP) is 2.48. The Morgan fingerprint density at radius 3 is 2.36 bits per heavy atom. The van der Waals surface area contributed by atoms with E-state index in [1.807, 2.05) is 42.5 Å². The second-order valence-electron chi connectivity index (χ2n) is 6.57. The smallest absolute Gasteiger partial charge is 0.251 e. The van der Waals surface area contributed by atoms with Gasteiger partial charge in [0.05, 0.1) is 20.7 Å². The molecule has 0 spiro atoms. The van der Waals surface area contributed by atoms with Gasteiger partial charge in [-0.15, -0.1) is 0 Å². The molecule has 2 aromatic carbocycles. The van der Waals surface area contributed by atoms with Gasteiger partial charge in [0.2, 0.25) is 0 Å². The fourth-order valence-corrected chi connectivity index (χ4v) is 2.62. The molecule has 0 saturated carbocycles. The minimum Gasteiger partial charge on any atom is -0.494 e. The lowest BCUT2D eigenvalue weighted by Crippen LogP contribution is -3.06. The summed E-state index contributed by atoms with van der Waals surface area (Å²) >= 11 is 0. The zero-order valence-corrected chi connectivity index (χ0v) is 15.4. The molecule has 0 fully saturated rings. The molecule has 2 aromatic rings. The highest BCUT2D eigenvalue weighted by molar-refractivity contribution is 5.94. The van der Waals surface area contributed by atoms with E-state index in [9.17, 15) is 4.79 Å². The van der Waals surface area contributed by atoms with Crippen LogP contribution in [-0.4, -0.2) is 33.2 Å². The molecule has 0 aromatic heterocycles. The van der Waals surface area contributed by atoms with E-state index in [1.54, 1.807) is 0 Å². The molecule has 0 saturated heterocycles. The Balaban J connectivity index is 2.02. The van der Waals surface area contributed by atoms with E-state index in [-0.39, 0.29) is 11.9 Å². The third kappa shape index (κ3) is 6.24. The quantitative estimate of drug-likeness (QED) is 0.688. The molecule has 0 bridgehead atoms. The average molecular weight is 341 g/mol. The maximum atomic E-state index is 12.6. The monoisotopic (exact) mass is 341 g/mol. The second kappa shape index (κ2) is 9.84. The molecule has 1 atom stereocenters. The summed E-state index contributed by atoms with van der Waals surface area (Å²) in [7, 11) is 4.18. The van der Waals surface area contributed by atoms with Gasteiger partial charge in [-0.1, -0.05) is 43.7 Å². The molecular weight excluding hydrogens is 312 g/mol. The first-order valence-corrected chi connectivity index (χ1v) is 8.98. The van der Waals surface area contributed by atoms with E-state index < -0.39 is 0 Å². The summed E-state index contributed by atoms with van der Waals surface area (Å²) in [4.78, 5) is 13.9. The van der Waals surface area contributed by atoms with Crippen molar-refractivity contribution in [2.45, 2.75) is 25.8 Å². The van der Waals surface area contributed by atoms with Gasteiger partial charge in [0.15, 0.2) is 0 Å². The van der Waals surface area contributed by atoms with E-state index >= 15 is 0 Å². The van der Waals surface area contributed by atoms with Crippen molar-refractivity contribution in [3.05, 3.63) is 65.7 Å². The zero-order valence-electron chi connectivity index (χ0n) is 15.4. The summed E-state index contributed by atoms with van der Waals surface area (Å²) in [5.41, 5.74) is 1.77. The summed E-state index contributed by atoms with van der Waals surface area (Å²) < 4.78 is 5.65. The van der Waals surface area contributed by atoms with Gasteiger partial charge in [-0.25, -0.2) is 0 Å². The predicted molar refractivity (Wildman–Crippen MR) is 101 cm³/mol. The van der Waals surface area contributed by atoms with Crippen LogP contribution in [0.15, 0.2) is 54.6 Å². The molecule has 0 heterocycles. The van der Waals surface area contributed by atoms with Crippen LogP contribution in [0.25, 0.3) is 0 Å². The maximum Gasteiger partial charge on any atom is 0.251 e. The molecule has 0 aliphatic rings. The number of amides is 1. The van der Waals surface area contributed by atoms with Crippen LogP contribution in [0, 0.1) is 0 Å². The number of likely N-dealkylation sites (N-methyl/N-ethyl adjacent to an activating group) is 1. The zero-order chi connectivity index (χ0) is 18.1. The van der Waals surface area contributed by atoms with Crippen LogP contribution in [-0.2, 0) is 0 Å². The minimum atomic E-state index is -0.0600. The molecule has 4 heteroatoms. The van der Waals surface area contributed by atoms with E-state index in [2.05, 4.69) is 38.5 Å². The third-order valence-corrected chi connectivity index (χ3v) is 4.00. The van der Waals surface area contributed by atoms with Gasteiger partial charge in [-0.3, -0.25) is 4.79 Å². The van der Waals surface area contributed by atoms with Crippen LogP contribution in [0.3, 0.4) is 0 Å². The molecule has 0 radical (unpaired) electrons. The van der Waals surface area contributed by atoms with Gasteiger partial charge in [0.1, 0.15) is 18.3 Å². The van der Waals surface area contributed by atoms with Crippen LogP contribution in [0.1, 0.15) is 41.7 Å². The number of nitrogens with one attached hydrogen (secondary N) is 2. The lowest BCUT2D eigenvalue weighted by Gasteiger charge is -2.21. The first-order valence-electron chi connectivity index (χ1n) is 8.98. The number of rotatable bonds is 9. The Bertz CT molecular complexity index is 639. The van der Waals surface area contributed by atoms with E-state index in [0.717, 1.165) is 30.7 Å². The van der Waals surface area contributed by atoms with Gasteiger partial charge in [0, 0.05) is 5.56 Å². The Labute approximate surface area is 150 Å².